The molecule has 3 heterocycles. The van der Waals surface area contributed by atoms with E-state index in [1.54, 1.807) is 12.1 Å². The predicted molar refractivity (Wildman–Crippen MR) is 130 cm³/mol. The van der Waals surface area contributed by atoms with Crippen molar-refractivity contribution in [2.45, 2.75) is 63.8 Å². The first-order valence-corrected chi connectivity index (χ1v) is 14.1. The first kappa shape index (κ1) is 23.6. The Labute approximate surface area is 195 Å². The molecule has 9 heteroatoms. The summed E-state index contributed by atoms with van der Waals surface area (Å²) >= 11 is 0. The minimum absolute atomic E-state index is 0.0598. The molecule has 0 unspecified atom stereocenters. The van der Waals surface area contributed by atoms with Crippen molar-refractivity contribution >= 4 is 31.1 Å². The van der Waals surface area contributed by atoms with Gasteiger partial charge in [-0.3, -0.25) is 4.79 Å². The van der Waals surface area contributed by atoms with Crippen molar-refractivity contribution < 1.29 is 19.1 Å². The number of carbonyl (C=O) groups is 1. The lowest BCUT2D eigenvalue weighted by Gasteiger charge is -2.39. The van der Waals surface area contributed by atoms with E-state index in [4.69, 9.17) is 9.16 Å². The fourth-order valence-corrected chi connectivity index (χ4v) is 5.15. The highest BCUT2D eigenvalue weighted by Crippen LogP contribution is 2.41. The van der Waals surface area contributed by atoms with Crippen LogP contribution in [0.25, 0.3) is 11.0 Å². The molecule has 33 heavy (non-hydrogen) atoms. The number of benzene rings is 1. The second-order valence-corrected chi connectivity index (χ2v) is 14.7. The van der Waals surface area contributed by atoms with Gasteiger partial charge in [0.15, 0.2) is 8.32 Å². The number of hydrogen-bond donors (Lipinski definition) is 2. The van der Waals surface area contributed by atoms with E-state index in [1.807, 2.05) is 35.0 Å². The summed E-state index contributed by atoms with van der Waals surface area (Å²) in [6.45, 7) is 10.9. The van der Waals surface area contributed by atoms with Crippen LogP contribution in [0, 0.1) is 0 Å². The third kappa shape index (κ3) is 4.72. The van der Waals surface area contributed by atoms with Crippen molar-refractivity contribution in [3.8, 4) is 0 Å². The van der Waals surface area contributed by atoms with Gasteiger partial charge in [0, 0.05) is 18.2 Å². The molecule has 0 radical (unpaired) electrons. The standard InChI is InChI=1S/C24H32N4O4Si/c1-24(2,3)33(4,5)32-18-13-20(31-19(18)14-29)28-12-11-17-21(25-15-26-22(17)28)27-23(30)16-9-7-6-8-10-16/h6-12,15,18-20,29H,13-14H2,1-5H3,(H,25,26,27,30)/t18-,19+,20+/m0/s1. The van der Waals surface area contributed by atoms with Crippen LogP contribution in [-0.2, 0) is 9.16 Å². The van der Waals surface area contributed by atoms with Gasteiger partial charge < -0.3 is 24.2 Å². The zero-order valence-corrected chi connectivity index (χ0v) is 20.8. The number of hydrogen-bond acceptors (Lipinski definition) is 6. The van der Waals surface area contributed by atoms with Crippen molar-refractivity contribution in [2.24, 2.45) is 0 Å². The molecule has 1 amide bonds. The quantitative estimate of drug-likeness (QED) is 0.522. The molecule has 4 rings (SSSR count). The summed E-state index contributed by atoms with van der Waals surface area (Å²) in [6.07, 6.45) is 2.99. The number of rotatable bonds is 6. The highest BCUT2D eigenvalue weighted by Gasteiger charge is 2.45. The summed E-state index contributed by atoms with van der Waals surface area (Å²) in [7, 11) is -2.03. The highest BCUT2D eigenvalue weighted by molar-refractivity contribution is 6.74. The van der Waals surface area contributed by atoms with Crippen LogP contribution in [0.4, 0.5) is 5.82 Å². The van der Waals surface area contributed by atoms with Crippen molar-refractivity contribution in [3.05, 3.63) is 54.5 Å². The Hall–Kier alpha value is -2.59. The van der Waals surface area contributed by atoms with Gasteiger partial charge in [0.25, 0.3) is 5.91 Å². The van der Waals surface area contributed by atoms with Gasteiger partial charge in [-0.1, -0.05) is 39.0 Å². The van der Waals surface area contributed by atoms with Crippen LogP contribution in [-0.4, -0.2) is 52.7 Å². The Morgan fingerprint density at radius 1 is 1.24 bits per heavy atom. The van der Waals surface area contributed by atoms with Crippen molar-refractivity contribution in [1.82, 2.24) is 14.5 Å². The lowest BCUT2D eigenvalue weighted by atomic mass is 10.2. The molecule has 0 saturated carbocycles. The Balaban J connectivity index is 1.57. The summed E-state index contributed by atoms with van der Waals surface area (Å²) < 4.78 is 14.7. The second-order valence-electron chi connectivity index (χ2n) is 9.97. The molecule has 176 valence electrons. The number of nitrogens with one attached hydrogen (secondary N) is 1. The molecule has 1 aromatic carbocycles. The van der Waals surface area contributed by atoms with Gasteiger partial charge >= 0.3 is 0 Å². The predicted octanol–water partition coefficient (Wildman–Crippen LogP) is 4.35. The van der Waals surface area contributed by atoms with E-state index in [1.165, 1.54) is 6.33 Å². The molecule has 8 nitrogen and oxygen atoms in total. The molecule has 2 N–H and O–H groups in total. The third-order valence-electron chi connectivity index (χ3n) is 6.70. The number of aromatic nitrogens is 3. The summed E-state index contributed by atoms with van der Waals surface area (Å²) in [5.74, 6) is 0.210. The molecule has 1 saturated heterocycles. The van der Waals surface area contributed by atoms with E-state index in [-0.39, 0.29) is 29.9 Å². The fraction of sp³-hybridized carbons (Fsp3) is 0.458. The zero-order valence-electron chi connectivity index (χ0n) is 19.8. The number of anilines is 1. The summed E-state index contributed by atoms with van der Waals surface area (Å²) in [6, 6.07) is 10.9. The van der Waals surface area contributed by atoms with Gasteiger partial charge in [0.2, 0.25) is 0 Å². The van der Waals surface area contributed by atoms with E-state index < -0.39 is 14.4 Å². The molecule has 0 bridgehead atoms. The van der Waals surface area contributed by atoms with Gasteiger partial charge in [-0.25, -0.2) is 9.97 Å². The Kier molecular flexibility index (Phi) is 6.41. The number of aliphatic hydroxyl groups excluding tert-OH is 1. The summed E-state index contributed by atoms with van der Waals surface area (Å²) in [5, 5.41) is 13.6. The fourth-order valence-electron chi connectivity index (χ4n) is 3.79. The van der Waals surface area contributed by atoms with Crippen molar-refractivity contribution in [3.63, 3.8) is 0 Å². The maximum Gasteiger partial charge on any atom is 0.256 e. The van der Waals surface area contributed by atoms with E-state index >= 15 is 0 Å². The SMILES string of the molecule is CC(C)(C)[Si](C)(C)O[C@H]1C[C@H](n2ccc3c(NC(=O)c4ccccc4)ncnc32)O[C@@H]1CO. The highest BCUT2D eigenvalue weighted by atomic mass is 28.4. The Bertz CT molecular complexity index is 1130. The van der Waals surface area contributed by atoms with Gasteiger partial charge in [-0.2, -0.15) is 0 Å². The normalized spacial score (nSPS) is 21.5. The number of fused-ring (bicyclic) bond motifs is 1. The van der Waals surface area contributed by atoms with E-state index in [2.05, 4.69) is 49.1 Å². The summed E-state index contributed by atoms with van der Waals surface area (Å²) in [5.41, 5.74) is 1.21. The van der Waals surface area contributed by atoms with Crippen LogP contribution in [0.1, 0.15) is 43.8 Å². The van der Waals surface area contributed by atoms with Crippen LogP contribution in [0.3, 0.4) is 0 Å². The van der Waals surface area contributed by atoms with Crippen LogP contribution in [0.15, 0.2) is 48.9 Å². The van der Waals surface area contributed by atoms with E-state index in [0.717, 1.165) is 5.39 Å². The minimum Gasteiger partial charge on any atom is -0.411 e. The van der Waals surface area contributed by atoms with Crippen LogP contribution in [0.2, 0.25) is 18.1 Å². The van der Waals surface area contributed by atoms with E-state index in [9.17, 15) is 9.90 Å². The first-order valence-electron chi connectivity index (χ1n) is 11.2. The summed E-state index contributed by atoms with van der Waals surface area (Å²) in [4.78, 5) is 21.3. The molecule has 1 fully saturated rings. The Morgan fingerprint density at radius 3 is 2.64 bits per heavy atom. The molecule has 2 aromatic heterocycles. The maximum absolute atomic E-state index is 12.6. The van der Waals surface area contributed by atoms with Gasteiger partial charge in [-0.15, -0.1) is 0 Å². The van der Waals surface area contributed by atoms with Crippen LogP contribution in [0.5, 0.6) is 0 Å². The molecular formula is C24H32N4O4Si. The first-order chi connectivity index (χ1) is 15.6. The van der Waals surface area contributed by atoms with Gasteiger partial charge in [0.05, 0.1) is 18.1 Å². The largest absolute Gasteiger partial charge is 0.411 e. The number of ether oxygens (including phenoxy) is 1. The van der Waals surface area contributed by atoms with E-state index in [0.29, 0.717) is 23.4 Å². The van der Waals surface area contributed by atoms with Gasteiger partial charge in [-0.05, 0) is 36.3 Å². The lowest BCUT2D eigenvalue weighted by Crippen LogP contribution is -2.46. The molecule has 3 atom stereocenters. The molecule has 1 aliphatic rings. The topological polar surface area (TPSA) is 98.5 Å². The van der Waals surface area contributed by atoms with Crippen LogP contribution >= 0.6 is 0 Å². The molecule has 0 spiro atoms. The van der Waals surface area contributed by atoms with Crippen molar-refractivity contribution in [1.29, 1.82) is 0 Å². The van der Waals surface area contributed by atoms with Gasteiger partial charge in [0.1, 0.15) is 30.1 Å². The monoisotopic (exact) mass is 468 g/mol. The molecule has 3 aromatic rings. The number of aliphatic hydroxyl groups is 1. The average molecular weight is 469 g/mol. The number of nitrogens with zero attached hydrogens (tertiary/aromatic N) is 3. The molecule has 1 aliphatic heterocycles. The number of carbonyl (C=O) groups excluding carboxylic acids is 1. The molecule has 0 aliphatic carbocycles. The van der Waals surface area contributed by atoms with Crippen molar-refractivity contribution in [2.75, 3.05) is 11.9 Å². The average Bonchev–Trinajstić information content (AvgIpc) is 3.37. The lowest BCUT2D eigenvalue weighted by molar-refractivity contribution is -0.0408. The molecular weight excluding hydrogens is 436 g/mol. The number of amides is 1. The zero-order chi connectivity index (χ0) is 23.8. The Morgan fingerprint density at radius 2 is 1.97 bits per heavy atom. The third-order valence-corrected chi connectivity index (χ3v) is 11.2. The van der Waals surface area contributed by atoms with Crippen LogP contribution < -0.4 is 5.32 Å². The second kappa shape index (κ2) is 8.98. The minimum atomic E-state index is -2.03. The maximum atomic E-state index is 12.6. The smallest absolute Gasteiger partial charge is 0.256 e.